The van der Waals surface area contributed by atoms with Crippen LogP contribution in [0.5, 0.6) is 0 Å². The van der Waals surface area contributed by atoms with Crippen molar-refractivity contribution in [2.45, 2.75) is 108 Å². The zero-order valence-electron chi connectivity index (χ0n) is 26.6. The van der Waals surface area contributed by atoms with Crippen molar-refractivity contribution in [1.29, 1.82) is 0 Å². The molecule has 221 valence electrons. The van der Waals surface area contributed by atoms with Crippen LogP contribution in [0.4, 0.5) is 0 Å². The molecule has 0 amide bonds. The number of halogens is 2. The molecule has 2 aromatic rings. The molecule has 1 aliphatic carbocycles. The van der Waals surface area contributed by atoms with Gasteiger partial charge >= 0.3 is 264 Å². The van der Waals surface area contributed by atoms with E-state index in [0.29, 0.717) is 0 Å². The first-order chi connectivity index (χ1) is 18.9. The molecular weight excluding hydrogens is 671 g/mol. The van der Waals surface area contributed by atoms with E-state index in [0.717, 1.165) is 6.42 Å². The van der Waals surface area contributed by atoms with E-state index in [-0.39, 0.29) is 9.32 Å². The third kappa shape index (κ3) is 4.79. The van der Waals surface area contributed by atoms with Crippen molar-refractivity contribution in [3.8, 4) is 0 Å². The maximum atomic E-state index is 7.38. The Labute approximate surface area is 261 Å². The van der Waals surface area contributed by atoms with Crippen molar-refractivity contribution in [2.75, 3.05) is 0 Å². The van der Waals surface area contributed by atoms with Crippen LogP contribution in [0, 0.1) is 0 Å². The fourth-order valence-corrected chi connectivity index (χ4v) is 180. The molecule has 0 bridgehead atoms. The predicted octanol–water partition coefficient (Wildman–Crippen LogP) is 9.04. The molecule has 2 unspecified atom stereocenters. The molecule has 3 rings (SSSR count). The Balaban J connectivity index is 2.90. The van der Waals surface area contributed by atoms with Gasteiger partial charge in [0.25, 0.3) is 0 Å². The van der Waals surface area contributed by atoms with Gasteiger partial charge in [0.05, 0.1) is 0 Å². The van der Waals surface area contributed by atoms with Gasteiger partial charge in [-0.05, 0) is 0 Å². The molecular formula is C33H55Cl2Si4Zr. The van der Waals surface area contributed by atoms with Crippen molar-refractivity contribution in [3.63, 3.8) is 0 Å². The van der Waals surface area contributed by atoms with Crippen molar-refractivity contribution >= 4 is 56.8 Å². The molecule has 0 nitrogen and oxygen atoms in total. The first-order valence-corrected chi connectivity index (χ1v) is 37.8. The van der Waals surface area contributed by atoms with Gasteiger partial charge in [0.1, 0.15) is 0 Å². The molecule has 0 spiro atoms. The minimum atomic E-state index is -4.65. The monoisotopic (exact) mass is 723 g/mol. The summed E-state index contributed by atoms with van der Waals surface area (Å²) in [7, 11) is -1.66. The Hall–Kier alpha value is 0.251. The van der Waals surface area contributed by atoms with Crippen LogP contribution < -0.4 is 6.54 Å². The van der Waals surface area contributed by atoms with Crippen LogP contribution in [-0.2, 0) is 17.1 Å². The zero-order chi connectivity index (χ0) is 29.7. The van der Waals surface area contributed by atoms with Crippen molar-refractivity contribution < 1.29 is 17.1 Å². The quantitative estimate of drug-likeness (QED) is 0.127. The van der Waals surface area contributed by atoms with Crippen LogP contribution in [0.2, 0.25) is 34.5 Å². The normalized spacial score (nSPS) is 19.1. The van der Waals surface area contributed by atoms with Gasteiger partial charge in [-0.3, -0.25) is 0 Å². The number of rotatable bonds is 15. The summed E-state index contributed by atoms with van der Waals surface area (Å²) in [4.78, 5) is 0. The van der Waals surface area contributed by atoms with Gasteiger partial charge in [-0.2, -0.15) is 0 Å². The summed E-state index contributed by atoms with van der Waals surface area (Å²) in [6.07, 6.45) is 13.8. The molecule has 2 atom stereocenters. The van der Waals surface area contributed by atoms with Crippen LogP contribution in [-0.4, -0.2) is 28.1 Å². The molecule has 0 N–H and O–H groups in total. The Kier molecular flexibility index (Phi) is 11.7. The second-order valence-electron chi connectivity index (χ2n) is 14.2. The minimum absolute atomic E-state index is 0.203. The average molecular weight is 726 g/mol. The third-order valence-electron chi connectivity index (χ3n) is 12.0. The molecule has 0 saturated carbocycles. The summed E-state index contributed by atoms with van der Waals surface area (Å²) >= 11 is 10.1. The zero-order valence-corrected chi connectivity index (χ0v) is 35.4. The summed E-state index contributed by atoms with van der Waals surface area (Å²) in [5.41, 5.74) is 0. The summed E-state index contributed by atoms with van der Waals surface area (Å²) in [6, 6.07) is 27.2. The fourth-order valence-electron chi connectivity index (χ4n) is 9.38. The Morgan fingerprint density at radius 2 is 1.12 bits per heavy atom. The van der Waals surface area contributed by atoms with E-state index < -0.39 is 45.2 Å². The van der Waals surface area contributed by atoms with Gasteiger partial charge in [0.2, 0.25) is 0 Å². The van der Waals surface area contributed by atoms with Crippen molar-refractivity contribution in [3.05, 3.63) is 82.2 Å². The number of allylic oxidation sites excluding steroid dienone is 4. The van der Waals surface area contributed by atoms with Gasteiger partial charge < -0.3 is 0 Å². The fraction of sp³-hybridized carbons (Fsp3) is 0.515. The molecule has 0 aromatic heterocycles. The second kappa shape index (κ2) is 13.5. The van der Waals surface area contributed by atoms with Crippen LogP contribution in [0.1, 0.15) is 73.6 Å². The second-order valence-corrected chi connectivity index (χ2v) is 72.0. The van der Waals surface area contributed by atoms with Crippen LogP contribution in [0.15, 0.2) is 82.2 Å². The van der Waals surface area contributed by atoms with E-state index >= 15 is 0 Å². The number of hydrogen-bond donors (Lipinski definition) is 0. The van der Waals surface area contributed by atoms with Gasteiger partial charge in [0, 0.05) is 0 Å². The summed E-state index contributed by atoms with van der Waals surface area (Å²) in [6.45, 7) is 21.2. The van der Waals surface area contributed by atoms with E-state index in [9.17, 15) is 0 Å². The standard InChI is InChI=1S/2C8H20ClSi2.2C6H5.C5H5.Zr/c2*1-5-6-7-11(4)8(2,3)10-9;2*1-2-4-6-5-3-1;1-2-4-5-3-1;/h2*5-7,10H2,1-4H3;2*1-5H;1-3H,4H2;. The van der Waals surface area contributed by atoms with E-state index in [1.54, 1.807) is 6.54 Å². The molecule has 0 fully saturated rings. The van der Waals surface area contributed by atoms with Gasteiger partial charge in [0.15, 0.2) is 0 Å². The van der Waals surface area contributed by atoms with E-state index in [1.165, 1.54) is 37.8 Å². The first kappa shape index (κ1) is 34.7. The van der Waals surface area contributed by atoms with Crippen LogP contribution in [0.3, 0.4) is 0 Å². The van der Waals surface area contributed by atoms with E-state index in [1.807, 2.05) is 3.28 Å². The number of benzene rings is 2. The SMILES string of the molecule is CCCC[Si](C)(C(C)(C)[SiH2]Cl)[Zr]([C]1=CC=CC1)([c]1ccccc1)([c]1ccccc1)[Si](C)(CCCC)C(C)(C)[SiH2]Cl. The molecule has 0 aliphatic heterocycles. The van der Waals surface area contributed by atoms with Crippen molar-refractivity contribution in [2.24, 2.45) is 0 Å². The molecule has 1 aliphatic rings. The molecule has 0 radical (unpaired) electrons. The molecule has 0 heterocycles. The molecule has 40 heavy (non-hydrogen) atoms. The van der Waals surface area contributed by atoms with E-state index in [2.05, 4.69) is 134 Å². The Bertz CT molecular complexity index is 1100. The van der Waals surface area contributed by atoms with Gasteiger partial charge in [-0.1, -0.05) is 0 Å². The van der Waals surface area contributed by atoms with Crippen LogP contribution in [0.25, 0.3) is 0 Å². The van der Waals surface area contributed by atoms with Crippen molar-refractivity contribution in [1.82, 2.24) is 0 Å². The Morgan fingerprint density at radius 1 is 0.725 bits per heavy atom. The molecule has 0 saturated heterocycles. The van der Waals surface area contributed by atoms with Crippen LogP contribution >= 0.6 is 22.2 Å². The Morgan fingerprint density at radius 3 is 1.43 bits per heavy atom. The third-order valence-corrected chi connectivity index (χ3v) is 131. The summed E-state index contributed by atoms with van der Waals surface area (Å²) in [5.74, 6) is 0. The van der Waals surface area contributed by atoms with Gasteiger partial charge in [-0.25, -0.2) is 0 Å². The number of hydrogen-bond acceptors (Lipinski definition) is 0. The average Bonchev–Trinajstić information content (AvgIpc) is 3.52. The van der Waals surface area contributed by atoms with Gasteiger partial charge in [-0.15, -0.1) is 0 Å². The number of unbranched alkanes of at least 4 members (excludes halogenated alkanes) is 2. The van der Waals surface area contributed by atoms with E-state index in [4.69, 9.17) is 22.2 Å². The maximum absolute atomic E-state index is 7.38. The topological polar surface area (TPSA) is 0 Å². The predicted molar refractivity (Wildman–Crippen MR) is 194 cm³/mol. The summed E-state index contributed by atoms with van der Waals surface area (Å²) < 4.78 is 5.76. The molecule has 2 aromatic carbocycles. The molecule has 7 heteroatoms. The first-order valence-electron chi connectivity index (χ1n) is 15.7. The summed E-state index contributed by atoms with van der Waals surface area (Å²) in [5, 5.41) is -4.46.